The molecule has 0 radical (unpaired) electrons. The highest BCUT2D eigenvalue weighted by Gasteiger charge is 2.18. The van der Waals surface area contributed by atoms with E-state index in [1.807, 2.05) is 42.7 Å². The van der Waals surface area contributed by atoms with Gasteiger partial charge in [0.15, 0.2) is 11.2 Å². The van der Waals surface area contributed by atoms with Gasteiger partial charge in [-0.3, -0.25) is 13.9 Å². The second-order valence-corrected chi connectivity index (χ2v) is 6.38. The molecule has 0 saturated heterocycles. The van der Waals surface area contributed by atoms with Crippen LogP contribution in [0.3, 0.4) is 0 Å². The Bertz CT molecular complexity index is 1020. The van der Waals surface area contributed by atoms with E-state index in [4.69, 9.17) is 0 Å². The van der Waals surface area contributed by atoms with Crippen LogP contribution in [-0.4, -0.2) is 31.8 Å². The van der Waals surface area contributed by atoms with Gasteiger partial charge >= 0.3 is 5.69 Å². The summed E-state index contributed by atoms with van der Waals surface area (Å²) >= 11 is 0. The standard InChI is InChI=1S/C16H18N4O2.C4H11N/c1-5-20-12-14(18(3)16(22)19(4)15(12)21)17-13(20)11-8-6-10(2)7-9-11;1-3-5-4-2/h6-9H,5H2,1-4H3;5H,3-4H2,1-2H3. The maximum Gasteiger partial charge on any atom is 0.332 e. The fraction of sp³-hybridized carbons (Fsp3) is 0.450. The first-order valence-corrected chi connectivity index (χ1v) is 9.31. The third-order valence-electron chi connectivity index (χ3n) is 4.47. The van der Waals surface area contributed by atoms with Crippen LogP contribution >= 0.6 is 0 Å². The molecule has 0 aliphatic carbocycles. The molecule has 0 fully saturated rings. The molecule has 0 atom stereocenters. The summed E-state index contributed by atoms with van der Waals surface area (Å²) in [6.45, 7) is 11.0. The van der Waals surface area contributed by atoms with Gasteiger partial charge in [-0.05, 0) is 26.9 Å². The van der Waals surface area contributed by atoms with Gasteiger partial charge in [0.05, 0.1) is 0 Å². The fourth-order valence-electron chi connectivity index (χ4n) is 2.93. The largest absolute Gasteiger partial charge is 0.332 e. The Labute approximate surface area is 159 Å². The van der Waals surface area contributed by atoms with E-state index in [1.54, 1.807) is 7.05 Å². The number of benzene rings is 1. The zero-order chi connectivity index (χ0) is 20.1. The van der Waals surface area contributed by atoms with Gasteiger partial charge in [-0.15, -0.1) is 0 Å². The summed E-state index contributed by atoms with van der Waals surface area (Å²) in [6.07, 6.45) is 0. The van der Waals surface area contributed by atoms with E-state index in [1.165, 1.54) is 11.6 Å². The van der Waals surface area contributed by atoms with Crippen molar-refractivity contribution in [2.24, 2.45) is 14.1 Å². The lowest BCUT2D eigenvalue weighted by molar-refractivity contribution is 0.700. The molecule has 0 unspecified atom stereocenters. The van der Waals surface area contributed by atoms with Gasteiger partial charge in [-0.1, -0.05) is 43.7 Å². The van der Waals surface area contributed by atoms with E-state index in [0.29, 0.717) is 23.5 Å². The first kappa shape index (κ1) is 20.6. The third-order valence-corrected chi connectivity index (χ3v) is 4.47. The molecule has 1 N–H and O–H groups in total. The first-order valence-electron chi connectivity index (χ1n) is 9.31. The van der Waals surface area contributed by atoms with E-state index in [-0.39, 0.29) is 11.2 Å². The van der Waals surface area contributed by atoms with Crippen LogP contribution in [-0.2, 0) is 20.6 Å². The van der Waals surface area contributed by atoms with Crippen LogP contribution in [0, 0.1) is 6.92 Å². The van der Waals surface area contributed by atoms with Crippen LogP contribution in [0.1, 0.15) is 26.3 Å². The van der Waals surface area contributed by atoms with Gasteiger partial charge in [-0.2, -0.15) is 0 Å². The molecule has 146 valence electrons. The lowest BCUT2D eigenvalue weighted by Gasteiger charge is -2.07. The summed E-state index contributed by atoms with van der Waals surface area (Å²) in [6, 6.07) is 7.97. The van der Waals surface area contributed by atoms with E-state index in [2.05, 4.69) is 24.1 Å². The van der Waals surface area contributed by atoms with Crippen LogP contribution in [0.4, 0.5) is 0 Å². The molecule has 0 aliphatic heterocycles. The Morgan fingerprint density at radius 3 is 2.04 bits per heavy atom. The highest BCUT2D eigenvalue weighted by molar-refractivity contribution is 5.77. The number of aryl methyl sites for hydroxylation is 3. The second kappa shape index (κ2) is 8.81. The third kappa shape index (κ3) is 4.03. The molecule has 3 aromatic rings. The summed E-state index contributed by atoms with van der Waals surface area (Å²) in [7, 11) is 3.12. The quantitative estimate of drug-likeness (QED) is 0.762. The highest BCUT2D eigenvalue weighted by Crippen LogP contribution is 2.22. The number of hydrogen-bond acceptors (Lipinski definition) is 4. The molecular weight excluding hydrogens is 342 g/mol. The van der Waals surface area contributed by atoms with E-state index >= 15 is 0 Å². The van der Waals surface area contributed by atoms with E-state index < -0.39 is 0 Å². The van der Waals surface area contributed by atoms with Crippen LogP contribution in [0.25, 0.3) is 22.6 Å². The van der Waals surface area contributed by atoms with Gasteiger partial charge < -0.3 is 9.88 Å². The Balaban J connectivity index is 0.000000465. The zero-order valence-corrected chi connectivity index (χ0v) is 17.0. The molecule has 27 heavy (non-hydrogen) atoms. The molecule has 0 bridgehead atoms. The van der Waals surface area contributed by atoms with Crippen LogP contribution in [0.15, 0.2) is 33.9 Å². The van der Waals surface area contributed by atoms with Crippen LogP contribution < -0.4 is 16.6 Å². The highest BCUT2D eigenvalue weighted by atomic mass is 16.2. The minimum absolute atomic E-state index is 0.314. The zero-order valence-electron chi connectivity index (χ0n) is 17.0. The van der Waals surface area contributed by atoms with Crippen molar-refractivity contribution in [2.75, 3.05) is 13.1 Å². The van der Waals surface area contributed by atoms with Crippen molar-refractivity contribution in [3.05, 3.63) is 50.7 Å². The molecule has 3 rings (SSSR count). The molecule has 2 aromatic heterocycles. The van der Waals surface area contributed by atoms with Crippen molar-refractivity contribution >= 4 is 11.2 Å². The number of fused-ring (bicyclic) bond motifs is 1. The van der Waals surface area contributed by atoms with Crippen molar-refractivity contribution in [2.45, 2.75) is 34.2 Å². The Morgan fingerprint density at radius 2 is 1.56 bits per heavy atom. The van der Waals surface area contributed by atoms with Crippen LogP contribution in [0.5, 0.6) is 0 Å². The van der Waals surface area contributed by atoms with E-state index in [9.17, 15) is 9.59 Å². The number of hydrogen-bond donors (Lipinski definition) is 1. The van der Waals surface area contributed by atoms with Crippen molar-refractivity contribution in [1.82, 2.24) is 24.0 Å². The van der Waals surface area contributed by atoms with Crippen LogP contribution in [0.2, 0.25) is 0 Å². The SMILES string of the molecule is CCNCC.CCn1c(-c2ccc(C)cc2)nc2c1c(=O)n(C)c(=O)n2C. The predicted octanol–water partition coefficient (Wildman–Crippen LogP) is 2.04. The van der Waals surface area contributed by atoms with Gasteiger partial charge in [0.2, 0.25) is 0 Å². The maximum absolute atomic E-state index is 12.5. The minimum Gasteiger partial charge on any atom is -0.318 e. The molecule has 2 heterocycles. The summed E-state index contributed by atoms with van der Waals surface area (Å²) in [5, 5.41) is 3.11. The lowest BCUT2D eigenvalue weighted by atomic mass is 10.1. The van der Waals surface area contributed by atoms with Gasteiger partial charge in [0.1, 0.15) is 5.82 Å². The van der Waals surface area contributed by atoms with Crippen molar-refractivity contribution in [3.63, 3.8) is 0 Å². The summed E-state index contributed by atoms with van der Waals surface area (Å²) in [5.74, 6) is 0.704. The molecule has 0 amide bonds. The van der Waals surface area contributed by atoms with Gasteiger partial charge in [0, 0.05) is 26.2 Å². The smallest absolute Gasteiger partial charge is 0.318 e. The fourth-order valence-corrected chi connectivity index (χ4v) is 2.93. The molecule has 7 heteroatoms. The molecular formula is C20H29N5O2. The Hall–Kier alpha value is -2.67. The lowest BCUT2D eigenvalue weighted by Crippen LogP contribution is -2.37. The summed E-state index contributed by atoms with van der Waals surface area (Å²) in [5.41, 5.74) is 2.29. The van der Waals surface area contributed by atoms with E-state index in [0.717, 1.165) is 28.8 Å². The van der Waals surface area contributed by atoms with Gasteiger partial charge in [0.25, 0.3) is 5.56 Å². The Morgan fingerprint density at radius 1 is 0.963 bits per heavy atom. The Kier molecular flexibility index (Phi) is 6.74. The number of nitrogens with zero attached hydrogens (tertiary/aromatic N) is 4. The summed E-state index contributed by atoms with van der Waals surface area (Å²) < 4.78 is 4.40. The minimum atomic E-state index is -0.367. The summed E-state index contributed by atoms with van der Waals surface area (Å²) in [4.78, 5) is 29.1. The number of aromatic nitrogens is 4. The topological polar surface area (TPSA) is 73.8 Å². The number of rotatable bonds is 4. The molecule has 0 saturated carbocycles. The molecule has 7 nitrogen and oxygen atoms in total. The maximum atomic E-state index is 12.5. The normalized spacial score (nSPS) is 10.7. The monoisotopic (exact) mass is 371 g/mol. The van der Waals surface area contributed by atoms with Crippen molar-refractivity contribution < 1.29 is 0 Å². The molecule has 1 aromatic carbocycles. The average Bonchev–Trinajstić information content (AvgIpc) is 3.06. The predicted molar refractivity (Wildman–Crippen MR) is 110 cm³/mol. The number of imidazole rings is 1. The van der Waals surface area contributed by atoms with Crippen molar-refractivity contribution in [1.29, 1.82) is 0 Å². The first-order chi connectivity index (χ1) is 12.9. The van der Waals surface area contributed by atoms with Crippen molar-refractivity contribution in [3.8, 4) is 11.4 Å². The number of nitrogens with one attached hydrogen (secondary N) is 1. The molecule has 0 spiro atoms. The average molecular weight is 371 g/mol. The van der Waals surface area contributed by atoms with Gasteiger partial charge in [-0.25, -0.2) is 9.78 Å². The molecule has 0 aliphatic rings. The second-order valence-electron chi connectivity index (χ2n) is 6.38.